The predicted octanol–water partition coefficient (Wildman–Crippen LogP) is 1.37. The molecule has 0 atom stereocenters. The van der Waals surface area contributed by atoms with Gasteiger partial charge < -0.3 is 9.47 Å². The average Bonchev–Trinajstić information content (AvgIpc) is 2.14. The quantitative estimate of drug-likeness (QED) is 0.340. The van der Waals surface area contributed by atoms with Gasteiger partial charge in [-0.2, -0.15) is 0 Å². The van der Waals surface area contributed by atoms with Crippen molar-refractivity contribution in [2.75, 3.05) is 19.8 Å². The van der Waals surface area contributed by atoms with Gasteiger partial charge in [-0.15, -0.1) is 12.3 Å². The van der Waals surface area contributed by atoms with Crippen LogP contribution in [0.3, 0.4) is 0 Å². The van der Waals surface area contributed by atoms with Crippen LogP contribution < -0.4 is 0 Å². The number of hydrogen-bond acceptors (Lipinski definition) is 3. The summed E-state index contributed by atoms with van der Waals surface area (Å²) in [7, 11) is 0. The fourth-order valence-electron chi connectivity index (χ4n) is 0.707. The van der Waals surface area contributed by atoms with Crippen molar-refractivity contribution in [3.8, 4) is 12.3 Å². The molecule has 0 aromatic rings. The fourth-order valence-corrected chi connectivity index (χ4v) is 0.707. The second kappa shape index (κ2) is 9.08. The summed E-state index contributed by atoms with van der Waals surface area (Å²) in [4.78, 5) is 10.9. The van der Waals surface area contributed by atoms with Crippen LogP contribution >= 0.6 is 0 Å². The zero-order valence-corrected chi connectivity index (χ0v) is 8.04. The van der Waals surface area contributed by atoms with Crippen molar-refractivity contribution in [3.05, 3.63) is 0 Å². The van der Waals surface area contributed by atoms with Crippen LogP contribution in [0.5, 0.6) is 0 Å². The van der Waals surface area contributed by atoms with E-state index in [1.165, 1.54) is 0 Å². The number of esters is 1. The number of carbonyl (C=O) groups is 1. The summed E-state index contributed by atoms with van der Waals surface area (Å²) < 4.78 is 9.95. The van der Waals surface area contributed by atoms with Gasteiger partial charge in [-0.05, 0) is 6.42 Å². The number of rotatable bonds is 7. The first-order valence-corrected chi connectivity index (χ1v) is 4.48. The molecule has 0 amide bonds. The Bertz CT molecular complexity index is 169. The van der Waals surface area contributed by atoms with E-state index >= 15 is 0 Å². The highest BCUT2D eigenvalue weighted by atomic mass is 16.6. The first-order chi connectivity index (χ1) is 6.31. The molecule has 3 nitrogen and oxygen atoms in total. The molecule has 0 radical (unpaired) electrons. The van der Waals surface area contributed by atoms with Gasteiger partial charge >= 0.3 is 5.97 Å². The Kier molecular flexibility index (Phi) is 8.38. The van der Waals surface area contributed by atoms with Crippen molar-refractivity contribution in [1.82, 2.24) is 0 Å². The van der Waals surface area contributed by atoms with E-state index < -0.39 is 0 Å². The smallest absolute Gasteiger partial charge is 0.306 e. The average molecular weight is 184 g/mol. The van der Waals surface area contributed by atoms with E-state index in [1.54, 1.807) is 0 Å². The molecule has 0 aromatic heterocycles. The molecule has 0 unspecified atom stereocenters. The summed E-state index contributed by atoms with van der Waals surface area (Å²) in [5.41, 5.74) is 0. The van der Waals surface area contributed by atoms with Crippen LogP contribution in [0.1, 0.15) is 26.2 Å². The molecule has 0 aliphatic rings. The van der Waals surface area contributed by atoms with Crippen molar-refractivity contribution in [2.24, 2.45) is 0 Å². The maximum Gasteiger partial charge on any atom is 0.306 e. The molecule has 0 spiro atoms. The van der Waals surface area contributed by atoms with Gasteiger partial charge in [0.05, 0.1) is 13.0 Å². The lowest BCUT2D eigenvalue weighted by Gasteiger charge is -2.03. The zero-order valence-electron chi connectivity index (χ0n) is 8.04. The van der Waals surface area contributed by atoms with E-state index in [9.17, 15) is 4.79 Å². The maximum absolute atomic E-state index is 10.9. The second-order valence-corrected chi connectivity index (χ2v) is 2.54. The molecule has 0 aliphatic heterocycles. The van der Waals surface area contributed by atoms with Crippen LogP contribution in [0.15, 0.2) is 0 Å². The molecule has 0 saturated carbocycles. The standard InChI is InChI=1S/C10H16O3/c1-3-5-6-10(11)13-9-8-12-7-4-2/h1H,4-9H2,2H3. The summed E-state index contributed by atoms with van der Waals surface area (Å²) in [6, 6.07) is 0. The predicted molar refractivity (Wildman–Crippen MR) is 50.1 cm³/mol. The Hall–Kier alpha value is -1.01. The lowest BCUT2D eigenvalue weighted by molar-refractivity contribution is -0.145. The highest BCUT2D eigenvalue weighted by molar-refractivity contribution is 5.69. The summed E-state index contributed by atoms with van der Waals surface area (Å²) in [6.45, 7) is 3.53. The topological polar surface area (TPSA) is 35.5 Å². The van der Waals surface area contributed by atoms with Gasteiger partial charge in [-0.1, -0.05) is 6.92 Å². The van der Waals surface area contributed by atoms with Crippen LogP contribution in [0.4, 0.5) is 0 Å². The van der Waals surface area contributed by atoms with Crippen LogP contribution in [0, 0.1) is 12.3 Å². The number of ether oxygens (including phenoxy) is 2. The lowest BCUT2D eigenvalue weighted by Crippen LogP contribution is -2.10. The monoisotopic (exact) mass is 184 g/mol. The van der Waals surface area contributed by atoms with Gasteiger partial charge in [-0.3, -0.25) is 4.79 Å². The molecule has 0 saturated heterocycles. The van der Waals surface area contributed by atoms with Crippen molar-refractivity contribution in [3.63, 3.8) is 0 Å². The van der Waals surface area contributed by atoms with E-state index in [1.807, 2.05) is 6.92 Å². The first-order valence-electron chi connectivity index (χ1n) is 4.48. The lowest BCUT2D eigenvalue weighted by atomic mass is 10.3. The van der Waals surface area contributed by atoms with E-state index in [2.05, 4.69) is 5.92 Å². The Balaban J connectivity index is 3.13. The Morgan fingerprint density at radius 3 is 2.77 bits per heavy atom. The van der Waals surface area contributed by atoms with Gasteiger partial charge in [0.1, 0.15) is 6.61 Å². The summed E-state index contributed by atoms with van der Waals surface area (Å²) in [5.74, 6) is 2.13. The molecule has 0 rings (SSSR count). The summed E-state index contributed by atoms with van der Waals surface area (Å²) in [5, 5.41) is 0. The minimum Gasteiger partial charge on any atom is -0.463 e. The maximum atomic E-state index is 10.9. The number of terminal acetylenes is 1. The third-order valence-electron chi connectivity index (χ3n) is 1.31. The first kappa shape index (κ1) is 12.0. The minimum absolute atomic E-state index is 0.252. The summed E-state index contributed by atoms with van der Waals surface area (Å²) >= 11 is 0. The van der Waals surface area contributed by atoms with Gasteiger partial charge in [-0.25, -0.2) is 0 Å². The third-order valence-corrected chi connectivity index (χ3v) is 1.31. The van der Waals surface area contributed by atoms with E-state index in [0.29, 0.717) is 32.7 Å². The van der Waals surface area contributed by atoms with Crippen LogP contribution in [-0.4, -0.2) is 25.8 Å². The Labute approximate surface area is 79.4 Å². The van der Waals surface area contributed by atoms with E-state index in [-0.39, 0.29) is 5.97 Å². The van der Waals surface area contributed by atoms with Crippen LogP contribution in [-0.2, 0) is 14.3 Å². The number of hydrogen-bond donors (Lipinski definition) is 0. The molecule has 13 heavy (non-hydrogen) atoms. The van der Waals surface area contributed by atoms with E-state index in [4.69, 9.17) is 15.9 Å². The fraction of sp³-hybridized carbons (Fsp3) is 0.700. The highest BCUT2D eigenvalue weighted by Crippen LogP contribution is 1.91. The Morgan fingerprint density at radius 1 is 1.38 bits per heavy atom. The summed E-state index contributed by atoms with van der Waals surface area (Å²) in [6.07, 6.45) is 6.70. The van der Waals surface area contributed by atoms with Crippen molar-refractivity contribution >= 4 is 5.97 Å². The van der Waals surface area contributed by atoms with Gasteiger partial charge in [0, 0.05) is 13.0 Å². The molecular formula is C10H16O3. The third kappa shape index (κ3) is 8.90. The van der Waals surface area contributed by atoms with Crippen LogP contribution in [0.25, 0.3) is 0 Å². The SMILES string of the molecule is C#CCCC(=O)OCCOCCC. The minimum atomic E-state index is -0.252. The van der Waals surface area contributed by atoms with E-state index in [0.717, 1.165) is 6.42 Å². The van der Waals surface area contributed by atoms with Crippen molar-refractivity contribution < 1.29 is 14.3 Å². The van der Waals surface area contributed by atoms with Crippen molar-refractivity contribution in [2.45, 2.75) is 26.2 Å². The zero-order chi connectivity index (χ0) is 9.94. The van der Waals surface area contributed by atoms with Gasteiger partial charge in [0.2, 0.25) is 0 Å². The molecular weight excluding hydrogens is 168 g/mol. The largest absolute Gasteiger partial charge is 0.463 e. The molecule has 3 heteroatoms. The van der Waals surface area contributed by atoms with Crippen LogP contribution in [0.2, 0.25) is 0 Å². The van der Waals surface area contributed by atoms with Gasteiger partial charge in [0.25, 0.3) is 0 Å². The van der Waals surface area contributed by atoms with Crippen molar-refractivity contribution in [1.29, 1.82) is 0 Å². The molecule has 0 aliphatic carbocycles. The number of carbonyl (C=O) groups excluding carboxylic acids is 1. The molecule has 0 heterocycles. The normalized spacial score (nSPS) is 9.23. The molecule has 74 valence electrons. The molecule has 0 N–H and O–H groups in total. The molecule has 0 fully saturated rings. The van der Waals surface area contributed by atoms with Gasteiger partial charge in [0.15, 0.2) is 0 Å². The Morgan fingerprint density at radius 2 is 2.15 bits per heavy atom. The second-order valence-electron chi connectivity index (χ2n) is 2.54. The molecule has 0 aromatic carbocycles. The molecule has 0 bridgehead atoms. The highest BCUT2D eigenvalue weighted by Gasteiger charge is 1.99.